The van der Waals surface area contributed by atoms with Crippen molar-refractivity contribution in [2.45, 2.75) is 25.4 Å². The fourth-order valence-corrected chi connectivity index (χ4v) is 2.03. The number of halogens is 3. The van der Waals surface area contributed by atoms with E-state index in [1.807, 2.05) is 0 Å². The van der Waals surface area contributed by atoms with Gasteiger partial charge in [0, 0.05) is 23.9 Å². The van der Waals surface area contributed by atoms with Gasteiger partial charge >= 0.3 is 6.18 Å². The van der Waals surface area contributed by atoms with Crippen molar-refractivity contribution in [2.24, 2.45) is 0 Å². The van der Waals surface area contributed by atoms with Gasteiger partial charge in [-0.3, -0.25) is 4.79 Å². The average Bonchev–Trinajstić information content (AvgIpc) is 2.37. The van der Waals surface area contributed by atoms with Gasteiger partial charge in [-0.2, -0.15) is 18.4 Å². The first kappa shape index (κ1) is 14.1. The van der Waals surface area contributed by atoms with Gasteiger partial charge < -0.3 is 5.32 Å². The van der Waals surface area contributed by atoms with Crippen LogP contribution in [0.25, 0.3) is 0 Å². The quantitative estimate of drug-likeness (QED) is 0.900. The fourth-order valence-electron chi connectivity index (χ4n) is 2.03. The van der Waals surface area contributed by atoms with Crippen molar-refractivity contribution in [1.29, 1.82) is 5.26 Å². The van der Waals surface area contributed by atoms with Crippen LogP contribution in [0.4, 0.5) is 18.9 Å². The number of nitriles is 1. The topological polar surface area (TPSA) is 52.9 Å². The van der Waals surface area contributed by atoms with Gasteiger partial charge in [0.25, 0.3) is 0 Å². The number of rotatable bonds is 2. The maximum Gasteiger partial charge on any atom is 0.417 e. The molecule has 0 saturated heterocycles. The molecule has 0 aromatic heterocycles. The second-order valence-electron chi connectivity index (χ2n) is 4.48. The number of hydrogen-bond acceptors (Lipinski definition) is 3. The lowest BCUT2D eigenvalue weighted by molar-refractivity contribution is -0.137. The van der Waals surface area contributed by atoms with E-state index in [-0.39, 0.29) is 11.5 Å². The van der Waals surface area contributed by atoms with Gasteiger partial charge in [0.15, 0.2) is 5.78 Å². The zero-order chi connectivity index (χ0) is 14.8. The molecule has 0 atom stereocenters. The van der Waals surface area contributed by atoms with E-state index in [0.717, 1.165) is 12.1 Å². The number of ketones is 1. The number of nitrogens with one attached hydrogen (secondary N) is 1. The third-order valence-electron chi connectivity index (χ3n) is 2.95. The highest BCUT2D eigenvalue weighted by molar-refractivity contribution is 5.91. The molecule has 0 fully saturated rings. The monoisotopic (exact) mass is 280 g/mol. The van der Waals surface area contributed by atoms with Crippen LogP contribution in [0.5, 0.6) is 0 Å². The van der Waals surface area contributed by atoms with Gasteiger partial charge in [0.05, 0.1) is 17.2 Å². The smallest absolute Gasteiger partial charge is 0.359 e. The minimum absolute atomic E-state index is 0.0385. The van der Waals surface area contributed by atoms with Crippen LogP contribution < -0.4 is 5.32 Å². The van der Waals surface area contributed by atoms with Crippen molar-refractivity contribution >= 4 is 11.5 Å². The van der Waals surface area contributed by atoms with Gasteiger partial charge in [0.2, 0.25) is 0 Å². The van der Waals surface area contributed by atoms with Gasteiger partial charge in [0.1, 0.15) is 0 Å². The maximum atomic E-state index is 12.8. The molecule has 104 valence electrons. The number of anilines is 1. The summed E-state index contributed by atoms with van der Waals surface area (Å²) in [4.78, 5) is 11.3. The summed E-state index contributed by atoms with van der Waals surface area (Å²) in [6, 6.07) is 4.93. The minimum Gasteiger partial charge on any atom is -0.359 e. The second-order valence-corrected chi connectivity index (χ2v) is 4.48. The Kier molecular flexibility index (Phi) is 3.79. The van der Waals surface area contributed by atoms with E-state index in [2.05, 4.69) is 5.32 Å². The van der Waals surface area contributed by atoms with E-state index in [0.29, 0.717) is 25.0 Å². The third-order valence-corrected chi connectivity index (χ3v) is 2.95. The Balaban J connectivity index is 2.30. The number of alkyl halides is 3. The summed E-state index contributed by atoms with van der Waals surface area (Å²) in [6.45, 7) is 0. The third kappa shape index (κ3) is 3.18. The number of carbonyl (C=O) groups excluding carboxylic acids is 1. The lowest BCUT2D eigenvalue weighted by atomic mass is 10.0. The molecule has 6 heteroatoms. The molecule has 1 N–H and O–H groups in total. The number of benzene rings is 1. The van der Waals surface area contributed by atoms with E-state index in [4.69, 9.17) is 5.26 Å². The van der Waals surface area contributed by atoms with E-state index >= 15 is 0 Å². The molecule has 1 aromatic carbocycles. The Morgan fingerprint density at radius 3 is 2.60 bits per heavy atom. The first-order chi connectivity index (χ1) is 9.40. The largest absolute Gasteiger partial charge is 0.417 e. The van der Waals surface area contributed by atoms with Crippen molar-refractivity contribution in [2.75, 3.05) is 5.32 Å². The molecule has 0 saturated carbocycles. The van der Waals surface area contributed by atoms with E-state index in [1.165, 1.54) is 18.2 Å². The fraction of sp³-hybridized carbons (Fsp3) is 0.286. The average molecular weight is 280 g/mol. The zero-order valence-electron chi connectivity index (χ0n) is 10.4. The molecule has 0 heterocycles. The Hall–Kier alpha value is -2.29. The Bertz CT molecular complexity index is 612. The summed E-state index contributed by atoms with van der Waals surface area (Å²) < 4.78 is 38.4. The van der Waals surface area contributed by atoms with Gasteiger partial charge in [-0.25, -0.2) is 0 Å². The highest BCUT2D eigenvalue weighted by atomic mass is 19.4. The summed E-state index contributed by atoms with van der Waals surface area (Å²) >= 11 is 0. The SMILES string of the molecule is N#Cc1ccc(NC2=CC(=O)CCC2)cc1C(F)(F)F. The zero-order valence-corrected chi connectivity index (χ0v) is 10.4. The van der Waals surface area contributed by atoms with Crippen LogP contribution in [0, 0.1) is 11.3 Å². The van der Waals surface area contributed by atoms with Gasteiger partial charge in [-0.05, 0) is 31.0 Å². The minimum atomic E-state index is -4.58. The highest BCUT2D eigenvalue weighted by Crippen LogP contribution is 2.34. The molecule has 0 aliphatic heterocycles. The van der Waals surface area contributed by atoms with Crippen molar-refractivity contribution in [3.05, 3.63) is 41.1 Å². The highest BCUT2D eigenvalue weighted by Gasteiger charge is 2.33. The van der Waals surface area contributed by atoms with Crippen LogP contribution in [0.1, 0.15) is 30.4 Å². The Morgan fingerprint density at radius 2 is 2.00 bits per heavy atom. The number of carbonyl (C=O) groups is 1. The Labute approximate surface area is 113 Å². The summed E-state index contributed by atoms with van der Waals surface area (Å²) in [5, 5.41) is 11.5. The molecular weight excluding hydrogens is 269 g/mol. The van der Waals surface area contributed by atoms with E-state index < -0.39 is 17.3 Å². The van der Waals surface area contributed by atoms with Crippen LogP contribution in [0.15, 0.2) is 30.0 Å². The molecule has 2 rings (SSSR count). The molecule has 0 spiro atoms. The van der Waals surface area contributed by atoms with Crippen molar-refractivity contribution in [1.82, 2.24) is 0 Å². The summed E-state index contributed by atoms with van der Waals surface area (Å²) in [5.41, 5.74) is -0.583. The van der Waals surface area contributed by atoms with Crippen LogP contribution in [-0.4, -0.2) is 5.78 Å². The predicted octanol–water partition coefficient (Wildman–Crippen LogP) is 3.63. The lowest BCUT2D eigenvalue weighted by Gasteiger charge is -2.16. The summed E-state index contributed by atoms with van der Waals surface area (Å²) in [5.74, 6) is -0.0385. The second kappa shape index (κ2) is 5.37. The van der Waals surface area contributed by atoms with Crippen molar-refractivity contribution in [3.8, 4) is 6.07 Å². The molecule has 1 aliphatic carbocycles. The predicted molar refractivity (Wildman–Crippen MR) is 66.7 cm³/mol. The number of nitrogens with zero attached hydrogens (tertiary/aromatic N) is 1. The van der Waals surface area contributed by atoms with Gasteiger partial charge in [-0.15, -0.1) is 0 Å². The molecule has 0 unspecified atom stereocenters. The first-order valence-corrected chi connectivity index (χ1v) is 6.02. The normalized spacial score (nSPS) is 15.5. The van der Waals surface area contributed by atoms with Crippen LogP contribution in [-0.2, 0) is 11.0 Å². The number of allylic oxidation sites excluding steroid dienone is 2. The molecule has 0 amide bonds. The standard InChI is InChI=1S/C14H11F3N2O/c15-14(16,17)13-7-11(5-4-9(13)8-18)19-10-2-1-3-12(20)6-10/h4-7,19H,1-3H2. The van der Waals surface area contributed by atoms with Gasteiger partial charge in [-0.1, -0.05) is 0 Å². The van der Waals surface area contributed by atoms with E-state index in [9.17, 15) is 18.0 Å². The van der Waals surface area contributed by atoms with Crippen molar-refractivity contribution in [3.63, 3.8) is 0 Å². The molecule has 3 nitrogen and oxygen atoms in total. The number of hydrogen-bond donors (Lipinski definition) is 1. The maximum absolute atomic E-state index is 12.8. The lowest BCUT2D eigenvalue weighted by Crippen LogP contribution is -2.11. The molecular formula is C14H11F3N2O. The van der Waals surface area contributed by atoms with Crippen LogP contribution in [0.2, 0.25) is 0 Å². The molecule has 0 bridgehead atoms. The molecule has 1 aromatic rings. The molecule has 0 radical (unpaired) electrons. The van der Waals surface area contributed by atoms with Crippen LogP contribution in [0.3, 0.4) is 0 Å². The van der Waals surface area contributed by atoms with Crippen LogP contribution >= 0.6 is 0 Å². The summed E-state index contributed by atoms with van der Waals surface area (Å²) in [7, 11) is 0. The van der Waals surface area contributed by atoms with E-state index in [1.54, 1.807) is 0 Å². The molecule has 1 aliphatic rings. The molecule has 20 heavy (non-hydrogen) atoms. The first-order valence-electron chi connectivity index (χ1n) is 6.02. The Morgan fingerprint density at radius 1 is 1.25 bits per heavy atom. The summed E-state index contributed by atoms with van der Waals surface area (Å²) in [6.07, 6.45) is -1.41. The van der Waals surface area contributed by atoms with Crippen molar-refractivity contribution < 1.29 is 18.0 Å².